The Labute approximate surface area is 97.0 Å². The lowest BCUT2D eigenvalue weighted by molar-refractivity contribution is -0.139. The van der Waals surface area contributed by atoms with E-state index in [1.54, 1.807) is 19.2 Å². The Hall–Kier alpha value is -1.49. The highest BCUT2D eigenvalue weighted by Gasteiger charge is 2.28. The molecule has 0 radical (unpaired) electrons. The zero-order chi connectivity index (χ0) is 12.5. The first kappa shape index (κ1) is 12.0. The van der Waals surface area contributed by atoms with E-state index in [9.17, 15) is 13.2 Å². The predicted octanol–water partition coefficient (Wildman–Crippen LogP) is 2.92. The lowest BCUT2D eigenvalue weighted by Gasteiger charge is -2.09. The minimum absolute atomic E-state index is 0.620. The standard InChI is InChI=1S/C12H13F3N2/c1-16-7-9-2-3-10-4-5-17(11(10)6-9)8-12(13,14)15/h2-6,16H,7-8H2,1H3. The molecule has 0 amide bonds. The van der Waals surface area contributed by atoms with Gasteiger partial charge < -0.3 is 9.88 Å². The molecule has 17 heavy (non-hydrogen) atoms. The maximum absolute atomic E-state index is 12.4. The quantitative estimate of drug-likeness (QED) is 0.875. The van der Waals surface area contributed by atoms with Gasteiger partial charge in [0.05, 0.1) is 0 Å². The number of aromatic nitrogens is 1. The van der Waals surface area contributed by atoms with E-state index in [0.29, 0.717) is 12.1 Å². The second-order valence-electron chi connectivity index (χ2n) is 3.98. The van der Waals surface area contributed by atoms with Crippen LogP contribution in [0.15, 0.2) is 30.5 Å². The first-order valence-electron chi connectivity index (χ1n) is 5.29. The molecule has 1 aromatic heterocycles. The Kier molecular flexibility index (Phi) is 3.11. The van der Waals surface area contributed by atoms with E-state index < -0.39 is 12.7 Å². The number of hydrogen-bond donors (Lipinski definition) is 1. The Morgan fingerprint density at radius 2 is 2.00 bits per heavy atom. The third-order valence-corrected chi connectivity index (χ3v) is 2.57. The van der Waals surface area contributed by atoms with E-state index in [0.717, 1.165) is 10.9 Å². The average Bonchev–Trinajstić information content (AvgIpc) is 2.60. The summed E-state index contributed by atoms with van der Waals surface area (Å²) in [4.78, 5) is 0. The van der Waals surface area contributed by atoms with Gasteiger partial charge in [-0.1, -0.05) is 12.1 Å². The van der Waals surface area contributed by atoms with E-state index in [1.807, 2.05) is 12.1 Å². The van der Waals surface area contributed by atoms with Crippen molar-refractivity contribution in [1.82, 2.24) is 9.88 Å². The van der Waals surface area contributed by atoms with Gasteiger partial charge in [-0.2, -0.15) is 13.2 Å². The van der Waals surface area contributed by atoms with Crippen LogP contribution in [0.25, 0.3) is 10.9 Å². The summed E-state index contributed by atoms with van der Waals surface area (Å²) in [6, 6.07) is 7.24. The molecular weight excluding hydrogens is 229 g/mol. The molecule has 0 spiro atoms. The van der Waals surface area contributed by atoms with Crippen molar-refractivity contribution < 1.29 is 13.2 Å². The van der Waals surface area contributed by atoms with Crippen molar-refractivity contribution in [3.8, 4) is 0 Å². The molecule has 0 aliphatic heterocycles. The molecule has 1 heterocycles. The maximum Gasteiger partial charge on any atom is 0.406 e. The topological polar surface area (TPSA) is 17.0 Å². The minimum Gasteiger partial charge on any atom is -0.338 e. The Balaban J connectivity index is 2.39. The van der Waals surface area contributed by atoms with Crippen LogP contribution in [0.1, 0.15) is 5.56 Å². The van der Waals surface area contributed by atoms with Gasteiger partial charge in [0, 0.05) is 18.3 Å². The van der Waals surface area contributed by atoms with Crippen LogP contribution >= 0.6 is 0 Å². The lowest BCUT2D eigenvalue weighted by Crippen LogP contribution is -2.16. The van der Waals surface area contributed by atoms with Crippen LogP contribution in [0.5, 0.6) is 0 Å². The second kappa shape index (κ2) is 4.41. The summed E-state index contributed by atoms with van der Waals surface area (Å²) >= 11 is 0. The number of hydrogen-bond acceptors (Lipinski definition) is 1. The minimum atomic E-state index is -4.19. The van der Waals surface area contributed by atoms with Crippen molar-refractivity contribution in [3.05, 3.63) is 36.0 Å². The summed E-state index contributed by atoms with van der Waals surface area (Å²) in [6.45, 7) is -0.299. The SMILES string of the molecule is CNCc1ccc2ccn(CC(F)(F)F)c2c1. The van der Waals surface area contributed by atoms with Crippen molar-refractivity contribution in [2.75, 3.05) is 7.05 Å². The number of benzene rings is 1. The molecule has 0 bridgehead atoms. The van der Waals surface area contributed by atoms with Gasteiger partial charge in [-0.3, -0.25) is 0 Å². The van der Waals surface area contributed by atoms with E-state index in [1.165, 1.54) is 10.8 Å². The largest absolute Gasteiger partial charge is 0.406 e. The van der Waals surface area contributed by atoms with Gasteiger partial charge in [-0.05, 0) is 30.1 Å². The smallest absolute Gasteiger partial charge is 0.338 e. The Morgan fingerprint density at radius 3 is 2.65 bits per heavy atom. The summed E-state index contributed by atoms with van der Waals surface area (Å²) in [5, 5.41) is 3.80. The summed E-state index contributed by atoms with van der Waals surface area (Å²) in [5.74, 6) is 0. The number of nitrogens with one attached hydrogen (secondary N) is 1. The van der Waals surface area contributed by atoms with Crippen molar-refractivity contribution in [2.45, 2.75) is 19.3 Å². The van der Waals surface area contributed by atoms with Gasteiger partial charge in [-0.15, -0.1) is 0 Å². The third kappa shape index (κ3) is 2.79. The highest BCUT2D eigenvalue weighted by atomic mass is 19.4. The zero-order valence-electron chi connectivity index (χ0n) is 9.38. The molecular formula is C12H13F3N2. The van der Waals surface area contributed by atoms with Crippen LogP contribution in [-0.4, -0.2) is 17.8 Å². The van der Waals surface area contributed by atoms with Crippen molar-refractivity contribution in [3.63, 3.8) is 0 Å². The maximum atomic E-state index is 12.4. The van der Waals surface area contributed by atoms with E-state index in [4.69, 9.17) is 0 Å². The molecule has 0 aliphatic carbocycles. The first-order chi connectivity index (χ1) is 7.99. The average molecular weight is 242 g/mol. The van der Waals surface area contributed by atoms with Gasteiger partial charge in [0.25, 0.3) is 0 Å². The fourth-order valence-electron chi connectivity index (χ4n) is 1.87. The molecule has 0 fully saturated rings. The van der Waals surface area contributed by atoms with Gasteiger partial charge in [0.15, 0.2) is 0 Å². The van der Waals surface area contributed by atoms with Crippen LogP contribution in [0.4, 0.5) is 13.2 Å². The Morgan fingerprint density at radius 1 is 1.24 bits per heavy atom. The van der Waals surface area contributed by atoms with Crippen LogP contribution in [0.2, 0.25) is 0 Å². The number of fused-ring (bicyclic) bond motifs is 1. The van der Waals surface area contributed by atoms with Crippen molar-refractivity contribution in [2.24, 2.45) is 0 Å². The number of alkyl halides is 3. The molecule has 1 aromatic carbocycles. The lowest BCUT2D eigenvalue weighted by atomic mass is 10.1. The molecule has 92 valence electrons. The molecule has 0 atom stereocenters. The van der Waals surface area contributed by atoms with Crippen LogP contribution < -0.4 is 5.32 Å². The van der Waals surface area contributed by atoms with Crippen molar-refractivity contribution >= 4 is 10.9 Å². The van der Waals surface area contributed by atoms with Gasteiger partial charge in [0.2, 0.25) is 0 Å². The third-order valence-electron chi connectivity index (χ3n) is 2.57. The van der Waals surface area contributed by atoms with Gasteiger partial charge in [0.1, 0.15) is 6.54 Å². The highest BCUT2D eigenvalue weighted by Crippen LogP contribution is 2.23. The number of rotatable bonds is 3. The predicted molar refractivity (Wildman–Crippen MR) is 60.8 cm³/mol. The molecule has 2 nitrogen and oxygen atoms in total. The molecule has 1 N–H and O–H groups in total. The molecule has 0 aliphatic rings. The summed E-state index contributed by atoms with van der Waals surface area (Å²) < 4.78 is 38.3. The molecule has 0 unspecified atom stereocenters. The van der Waals surface area contributed by atoms with Gasteiger partial charge >= 0.3 is 6.18 Å². The fraction of sp³-hybridized carbons (Fsp3) is 0.333. The Bertz CT molecular complexity index is 514. The zero-order valence-corrected chi connectivity index (χ0v) is 9.38. The summed E-state index contributed by atoms with van der Waals surface area (Å²) in [7, 11) is 1.80. The molecule has 5 heteroatoms. The van der Waals surface area contributed by atoms with Crippen LogP contribution in [0, 0.1) is 0 Å². The number of halogens is 3. The molecule has 0 saturated carbocycles. The van der Waals surface area contributed by atoms with Gasteiger partial charge in [-0.25, -0.2) is 0 Å². The van der Waals surface area contributed by atoms with Crippen LogP contribution in [-0.2, 0) is 13.1 Å². The summed E-state index contributed by atoms with van der Waals surface area (Å²) in [5.41, 5.74) is 1.59. The van der Waals surface area contributed by atoms with Crippen LogP contribution in [0.3, 0.4) is 0 Å². The monoisotopic (exact) mass is 242 g/mol. The fourth-order valence-corrected chi connectivity index (χ4v) is 1.87. The van der Waals surface area contributed by atoms with E-state index in [2.05, 4.69) is 5.32 Å². The second-order valence-corrected chi connectivity index (χ2v) is 3.98. The van der Waals surface area contributed by atoms with E-state index >= 15 is 0 Å². The molecule has 2 rings (SSSR count). The summed E-state index contributed by atoms with van der Waals surface area (Å²) in [6.07, 6.45) is -2.72. The first-order valence-corrected chi connectivity index (χ1v) is 5.29. The van der Waals surface area contributed by atoms with E-state index in [-0.39, 0.29) is 0 Å². The highest BCUT2D eigenvalue weighted by molar-refractivity contribution is 5.80. The molecule has 0 saturated heterocycles. The normalized spacial score (nSPS) is 12.2. The van der Waals surface area contributed by atoms with Crippen molar-refractivity contribution in [1.29, 1.82) is 0 Å². The molecule has 2 aromatic rings. The number of nitrogens with zero attached hydrogens (tertiary/aromatic N) is 1.